The molecular weight excluding hydrogens is 380 g/mol. The van der Waals surface area contributed by atoms with Crippen molar-refractivity contribution in [1.29, 1.82) is 0 Å². The molecule has 5 nitrogen and oxygen atoms in total. The van der Waals surface area contributed by atoms with E-state index in [1.54, 1.807) is 23.3 Å². The summed E-state index contributed by atoms with van der Waals surface area (Å²) in [7, 11) is 0. The van der Waals surface area contributed by atoms with E-state index in [2.05, 4.69) is 26.0 Å². The Bertz CT molecular complexity index is 876. The number of rotatable bonds is 3. The number of benzene rings is 1. The Hall–Kier alpha value is -2.47. The van der Waals surface area contributed by atoms with Crippen molar-refractivity contribution in [3.63, 3.8) is 0 Å². The van der Waals surface area contributed by atoms with Gasteiger partial charge in [-0.15, -0.1) is 0 Å². The van der Waals surface area contributed by atoms with Crippen molar-refractivity contribution in [2.45, 2.75) is 18.9 Å². The minimum Gasteiger partial charge on any atom is -0.332 e. The molecule has 3 heterocycles. The van der Waals surface area contributed by atoms with Gasteiger partial charge in [-0.1, -0.05) is 0 Å². The lowest BCUT2D eigenvalue weighted by atomic mass is 10.1. The lowest BCUT2D eigenvalue weighted by molar-refractivity contribution is 0.0735. The summed E-state index contributed by atoms with van der Waals surface area (Å²) in [5.74, 6) is 0.0764. The molecule has 1 aliphatic rings. The van der Waals surface area contributed by atoms with Crippen molar-refractivity contribution in [1.82, 2.24) is 19.7 Å². The highest BCUT2D eigenvalue weighted by atomic mass is 79.9. The zero-order valence-corrected chi connectivity index (χ0v) is 15.1. The maximum atomic E-state index is 13.0. The second kappa shape index (κ2) is 6.80. The van der Waals surface area contributed by atoms with E-state index < -0.39 is 0 Å². The summed E-state index contributed by atoms with van der Waals surface area (Å²) in [5, 5.41) is 4.26. The van der Waals surface area contributed by atoms with Crippen LogP contribution in [0.4, 0.5) is 0 Å². The van der Waals surface area contributed by atoms with Gasteiger partial charge in [0.1, 0.15) is 0 Å². The fourth-order valence-corrected chi connectivity index (χ4v) is 3.59. The standard InChI is InChI=1S/C19H17BrN4O/c20-16-12-22-24(13-16)17-5-3-15(4-6-17)19(25)23-11-1-2-18(23)14-7-9-21-10-8-14/h3-10,12-13,18H,1-2,11H2/t18-/m0/s1. The SMILES string of the molecule is O=C(c1ccc(-n2cc(Br)cn2)cc1)N1CCC[C@H]1c1ccncc1. The highest BCUT2D eigenvalue weighted by Gasteiger charge is 2.30. The predicted molar refractivity (Wildman–Crippen MR) is 98.5 cm³/mol. The topological polar surface area (TPSA) is 51.0 Å². The summed E-state index contributed by atoms with van der Waals surface area (Å²) < 4.78 is 2.69. The fraction of sp³-hybridized carbons (Fsp3) is 0.211. The van der Waals surface area contributed by atoms with Crippen LogP contribution in [0, 0.1) is 0 Å². The molecule has 0 spiro atoms. The highest BCUT2D eigenvalue weighted by Crippen LogP contribution is 2.32. The Morgan fingerprint density at radius 2 is 1.88 bits per heavy atom. The summed E-state index contributed by atoms with van der Waals surface area (Å²) in [6.07, 6.45) is 9.22. The van der Waals surface area contributed by atoms with Crippen molar-refractivity contribution < 1.29 is 4.79 Å². The number of carbonyl (C=O) groups excluding carboxylic acids is 1. The van der Waals surface area contributed by atoms with Gasteiger partial charge in [0.25, 0.3) is 5.91 Å². The molecule has 1 aliphatic heterocycles. The van der Waals surface area contributed by atoms with Crippen LogP contribution < -0.4 is 0 Å². The number of nitrogens with zero attached hydrogens (tertiary/aromatic N) is 4. The lowest BCUT2D eigenvalue weighted by Crippen LogP contribution is -2.30. The molecule has 1 atom stereocenters. The van der Waals surface area contributed by atoms with Gasteiger partial charge < -0.3 is 4.90 Å². The third-order valence-corrected chi connectivity index (χ3v) is 4.94. The average molecular weight is 397 g/mol. The fourth-order valence-electron chi connectivity index (χ4n) is 3.31. The molecule has 0 aliphatic carbocycles. The number of pyridine rings is 1. The van der Waals surface area contributed by atoms with Crippen LogP contribution in [0.1, 0.15) is 34.8 Å². The maximum Gasteiger partial charge on any atom is 0.254 e. The van der Waals surface area contributed by atoms with Gasteiger partial charge in [-0.3, -0.25) is 9.78 Å². The number of hydrogen-bond donors (Lipinski definition) is 0. The molecule has 3 aromatic rings. The van der Waals surface area contributed by atoms with Crippen LogP contribution in [0.2, 0.25) is 0 Å². The Labute approximate surface area is 154 Å². The molecule has 126 valence electrons. The van der Waals surface area contributed by atoms with E-state index in [1.807, 2.05) is 47.5 Å². The average Bonchev–Trinajstić information content (AvgIpc) is 3.31. The van der Waals surface area contributed by atoms with Gasteiger partial charge in [-0.05, 0) is 70.7 Å². The van der Waals surface area contributed by atoms with Gasteiger partial charge in [-0.25, -0.2) is 4.68 Å². The smallest absolute Gasteiger partial charge is 0.254 e. The predicted octanol–water partition coefficient (Wildman–Crippen LogP) is 4.01. The first kappa shape index (κ1) is 16.0. The number of amides is 1. The zero-order chi connectivity index (χ0) is 17.2. The second-order valence-corrected chi connectivity index (χ2v) is 7.00. The molecule has 0 bridgehead atoms. The van der Waals surface area contributed by atoms with Crippen LogP contribution in [0.3, 0.4) is 0 Å². The van der Waals surface area contributed by atoms with Crippen molar-refractivity contribution >= 4 is 21.8 Å². The monoisotopic (exact) mass is 396 g/mol. The molecule has 25 heavy (non-hydrogen) atoms. The second-order valence-electron chi connectivity index (χ2n) is 6.09. The largest absolute Gasteiger partial charge is 0.332 e. The Kier molecular flexibility index (Phi) is 4.36. The van der Waals surface area contributed by atoms with Crippen molar-refractivity contribution in [2.24, 2.45) is 0 Å². The van der Waals surface area contributed by atoms with Crippen LogP contribution >= 0.6 is 15.9 Å². The highest BCUT2D eigenvalue weighted by molar-refractivity contribution is 9.10. The Morgan fingerprint density at radius 1 is 1.12 bits per heavy atom. The zero-order valence-electron chi connectivity index (χ0n) is 13.5. The molecule has 4 rings (SSSR count). The van der Waals surface area contributed by atoms with E-state index in [-0.39, 0.29) is 11.9 Å². The first-order chi connectivity index (χ1) is 12.2. The molecule has 1 fully saturated rings. The normalized spacial score (nSPS) is 17.0. The van der Waals surface area contributed by atoms with Crippen LogP contribution in [-0.4, -0.2) is 32.1 Å². The van der Waals surface area contributed by atoms with E-state index in [0.29, 0.717) is 5.56 Å². The Morgan fingerprint density at radius 3 is 2.56 bits per heavy atom. The molecule has 1 amide bonds. The number of likely N-dealkylation sites (tertiary alicyclic amines) is 1. The molecule has 0 unspecified atom stereocenters. The third kappa shape index (κ3) is 3.22. The van der Waals surface area contributed by atoms with Gasteiger partial charge in [-0.2, -0.15) is 5.10 Å². The summed E-state index contributed by atoms with van der Waals surface area (Å²) >= 11 is 3.39. The van der Waals surface area contributed by atoms with Crippen molar-refractivity contribution in [2.75, 3.05) is 6.54 Å². The minimum absolute atomic E-state index is 0.0764. The van der Waals surface area contributed by atoms with E-state index in [9.17, 15) is 4.79 Å². The maximum absolute atomic E-state index is 13.0. The quantitative estimate of drug-likeness (QED) is 0.671. The number of hydrogen-bond acceptors (Lipinski definition) is 3. The molecule has 2 aromatic heterocycles. The van der Waals surface area contributed by atoms with Crippen LogP contribution in [-0.2, 0) is 0 Å². The molecule has 6 heteroatoms. The molecule has 0 radical (unpaired) electrons. The van der Waals surface area contributed by atoms with E-state index in [1.165, 1.54) is 0 Å². The van der Waals surface area contributed by atoms with Gasteiger partial charge in [0.05, 0.1) is 22.4 Å². The van der Waals surface area contributed by atoms with E-state index in [0.717, 1.165) is 35.1 Å². The van der Waals surface area contributed by atoms with Gasteiger partial charge in [0, 0.05) is 30.7 Å². The summed E-state index contributed by atoms with van der Waals surface area (Å²) in [4.78, 5) is 19.0. The van der Waals surface area contributed by atoms with E-state index >= 15 is 0 Å². The number of aromatic nitrogens is 3. The third-order valence-electron chi connectivity index (χ3n) is 4.53. The minimum atomic E-state index is 0.0764. The summed E-state index contributed by atoms with van der Waals surface area (Å²) in [6, 6.07) is 11.7. The van der Waals surface area contributed by atoms with Crippen LogP contribution in [0.5, 0.6) is 0 Å². The van der Waals surface area contributed by atoms with Crippen LogP contribution in [0.15, 0.2) is 65.7 Å². The van der Waals surface area contributed by atoms with Gasteiger partial charge in [0.2, 0.25) is 0 Å². The van der Waals surface area contributed by atoms with Crippen LogP contribution in [0.25, 0.3) is 5.69 Å². The lowest BCUT2D eigenvalue weighted by Gasteiger charge is -2.25. The van der Waals surface area contributed by atoms with Crippen molar-refractivity contribution in [3.8, 4) is 5.69 Å². The van der Waals surface area contributed by atoms with Gasteiger partial charge >= 0.3 is 0 Å². The first-order valence-corrected chi connectivity index (χ1v) is 9.03. The molecular formula is C19H17BrN4O. The first-order valence-electron chi connectivity index (χ1n) is 8.24. The van der Waals surface area contributed by atoms with E-state index in [4.69, 9.17) is 0 Å². The van der Waals surface area contributed by atoms with Crippen molar-refractivity contribution in [3.05, 3.63) is 76.8 Å². The Balaban J connectivity index is 1.56. The summed E-state index contributed by atoms with van der Waals surface area (Å²) in [6.45, 7) is 0.791. The number of carbonyl (C=O) groups is 1. The molecule has 0 saturated carbocycles. The number of halogens is 1. The molecule has 1 saturated heterocycles. The molecule has 1 aromatic carbocycles. The summed E-state index contributed by atoms with van der Waals surface area (Å²) in [5.41, 5.74) is 2.78. The van der Waals surface area contributed by atoms with Gasteiger partial charge in [0.15, 0.2) is 0 Å². The molecule has 0 N–H and O–H groups in total.